The Bertz CT molecular complexity index is 875. The van der Waals surface area contributed by atoms with Gasteiger partial charge in [-0.2, -0.15) is 0 Å². The van der Waals surface area contributed by atoms with Crippen molar-refractivity contribution in [2.45, 2.75) is 137 Å². The van der Waals surface area contributed by atoms with Crippen LogP contribution in [0.15, 0.2) is 0 Å². The van der Waals surface area contributed by atoms with E-state index in [4.69, 9.17) is 41.5 Å². The molecule has 0 bridgehead atoms. The summed E-state index contributed by atoms with van der Waals surface area (Å²) >= 11 is 0. The van der Waals surface area contributed by atoms with Crippen molar-refractivity contribution in [1.82, 2.24) is 0 Å². The summed E-state index contributed by atoms with van der Waals surface area (Å²) in [6.45, 7) is 43.7. The second-order valence-corrected chi connectivity index (χ2v) is 53.0. The maximum absolute atomic E-state index is 6.73. The van der Waals surface area contributed by atoms with Gasteiger partial charge in [-0.1, -0.05) is 0 Å². The van der Waals surface area contributed by atoms with E-state index in [0.29, 0.717) is 0 Å². The van der Waals surface area contributed by atoms with Gasteiger partial charge >= 0.3 is 77.0 Å². The van der Waals surface area contributed by atoms with Gasteiger partial charge < -0.3 is 41.5 Å². The molecular formula is C22H66O10Si10. The normalized spacial score (nSPS) is 15.9. The smallest absolute Gasteiger partial charge is 0.322 e. The Morgan fingerprint density at radius 1 is 0.214 bits per heavy atom. The zero-order chi connectivity index (χ0) is 34.1. The third kappa shape index (κ3) is 20.1. The molecule has 0 radical (unpaired) electrons. The fraction of sp³-hybridized carbons (Fsp3) is 1.00. The molecule has 0 aliphatic carbocycles. The monoisotopic (exact) mass is 770 g/mol. The van der Waals surface area contributed by atoms with Crippen molar-refractivity contribution >= 4 is 85.4 Å². The molecule has 0 rings (SSSR count). The van der Waals surface area contributed by atoms with E-state index >= 15 is 0 Å². The maximum Gasteiger partial charge on any atom is 0.322 e. The second kappa shape index (κ2) is 14.5. The van der Waals surface area contributed by atoms with Gasteiger partial charge in [0.2, 0.25) is 0 Å². The molecule has 42 heavy (non-hydrogen) atoms. The van der Waals surface area contributed by atoms with Gasteiger partial charge in [-0.15, -0.1) is 0 Å². The predicted octanol–water partition coefficient (Wildman–Crippen LogP) is 7.93. The van der Waals surface area contributed by atoms with E-state index in [2.05, 4.69) is 111 Å². The highest BCUT2D eigenvalue weighted by atomic mass is 28.5. The Morgan fingerprint density at radius 2 is 0.357 bits per heavy atom. The highest BCUT2D eigenvalue weighted by Crippen LogP contribution is 2.30. The summed E-state index contributed by atoms with van der Waals surface area (Å²) in [6.07, 6.45) is 0. The van der Waals surface area contributed by atoms with Gasteiger partial charge in [0.1, 0.15) is 0 Å². The van der Waals surface area contributed by atoms with Crippen molar-refractivity contribution in [3.63, 3.8) is 0 Å². The van der Waals surface area contributed by atoms with Crippen molar-refractivity contribution in [3.8, 4) is 0 Å². The fourth-order valence-corrected chi connectivity index (χ4v) is 54.1. The molecular weight excluding hydrogens is 705 g/mol. The van der Waals surface area contributed by atoms with Crippen molar-refractivity contribution < 1.29 is 41.5 Å². The van der Waals surface area contributed by atoms with E-state index < -0.39 is 85.4 Å². The molecule has 0 aromatic heterocycles. The fourth-order valence-electron chi connectivity index (χ4n) is 5.68. The predicted molar refractivity (Wildman–Crippen MR) is 197 cm³/mol. The minimum absolute atomic E-state index is 1.69. The maximum atomic E-state index is 6.73. The highest BCUT2D eigenvalue weighted by Gasteiger charge is 2.50. The molecule has 0 spiro atoms. The Kier molecular flexibility index (Phi) is 15.1. The molecule has 0 heterocycles. The van der Waals surface area contributed by atoms with E-state index in [1.54, 1.807) is 7.11 Å². The molecule has 0 N–H and O–H groups in total. The zero-order valence-corrected chi connectivity index (χ0v) is 41.1. The average Bonchev–Trinajstić information content (AvgIpc) is 2.49. The van der Waals surface area contributed by atoms with Crippen LogP contribution in [0.5, 0.6) is 0 Å². The third-order valence-electron chi connectivity index (χ3n) is 4.98. The molecule has 0 amide bonds. The SMILES string of the molecule is CO[Si](C)(C)O[Si](C)(C)O[Si](C)(C)O[Si](C)(C)O[Si](C)(C)O[Si](C)(C)O[Si](C)(C)O[Si](C)(C)O[Si](C)(C)O[Si](C)(C)C. The summed E-state index contributed by atoms with van der Waals surface area (Å²) in [5, 5.41) is 0. The van der Waals surface area contributed by atoms with Crippen molar-refractivity contribution in [3.05, 3.63) is 0 Å². The lowest BCUT2D eigenvalue weighted by Gasteiger charge is -2.44. The van der Waals surface area contributed by atoms with Gasteiger partial charge in [0.25, 0.3) is 0 Å². The molecule has 254 valence electrons. The Balaban J connectivity index is 5.45. The van der Waals surface area contributed by atoms with Gasteiger partial charge in [-0.05, 0) is 137 Å². The molecule has 0 aromatic carbocycles. The topological polar surface area (TPSA) is 92.3 Å². The van der Waals surface area contributed by atoms with Crippen LogP contribution in [0.2, 0.25) is 137 Å². The molecule has 0 fully saturated rings. The van der Waals surface area contributed by atoms with Gasteiger partial charge in [-0.3, -0.25) is 0 Å². The Hall–Kier alpha value is 1.77. The molecule has 20 heteroatoms. The van der Waals surface area contributed by atoms with E-state index in [1.807, 2.05) is 26.2 Å². The molecule has 0 aromatic rings. The summed E-state index contributed by atoms with van der Waals surface area (Å²) < 4.78 is 65.0. The second-order valence-electron chi connectivity index (χ2n) is 15.8. The summed E-state index contributed by atoms with van der Waals surface area (Å²) in [5.74, 6) is 0. The Labute approximate surface area is 270 Å². The molecule has 10 nitrogen and oxygen atoms in total. The number of hydrogen-bond donors (Lipinski definition) is 0. The van der Waals surface area contributed by atoms with E-state index in [0.717, 1.165) is 0 Å². The van der Waals surface area contributed by atoms with Gasteiger partial charge in [0, 0.05) is 7.11 Å². The van der Waals surface area contributed by atoms with Gasteiger partial charge in [0.15, 0.2) is 8.32 Å². The van der Waals surface area contributed by atoms with Crippen LogP contribution in [-0.2, 0) is 41.5 Å². The minimum Gasteiger partial charge on any atom is -0.437 e. The summed E-state index contributed by atoms with van der Waals surface area (Å²) in [7, 11) is -22.8. The minimum atomic E-state index is -2.65. The van der Waals surface area contributed by atoms with Crippen LogP contribution in [-0.4, -0.2) is 92.5 Å². The lowest BCUT2D eigenvalue weighted by Crippen LogP contribution is -2.62. The molecule has 0 saturated carbocycles. The molecule has 0 unspecified atom stereocenters. The zero-order valence-electron chi connectivity index (χ0n) is 31.1. The van der Waals surface area contributed by atoms with Crippen molar-refractivity contribution in [2.75, 3.05) is 7.11 Å². The molecule has 0 saturated heterocycles. The third-order valence-corrected chi connectivity index (χ3v) is 41.8. The highest BCUT2D eigenvalue weighted by molar-refractivity contribution is 6.93. The molecule has 0 aliphatic heterocycles. The number of hydrogen-bond acceptors (Lipinski definition) is 10. The standard InChI is InChI=1S/C22H66O10Si10/c1-23-34(5,6)25-36(9,10)27-38(13,14)29-40(17,18)31-42(21,22)32-41(19,20)30-39(15,16)28-37(11,12)26-35(7,8)24-33(2,3)4/h1-22H3. The first-order valence-corrected chi connectivity index (χ1v) is 43.5. The van der Waals surface area contributed by atoms with Crippen LogP contribution in [0.3, 0.4) is 0 Å². The summed E-state index contributed by atoms with van der Waals surface area (Å²) in [4.78, 5) is 0. The summed E-state index contributed by atoms with van der Waals surface area (Å²) in [5.41, 5.74) is 0. The van der Waals surface area contributed by atoms with E-state index in [-0.39, 0.29) is 0 Å². The largest absolute Gasteiger partial charge is 0.437 e. The first-order valence-electron chi connectivity index (χ1n) is 14.8. The summed E-state index contributed by atoms with van der Waals surface area (Å²) in [6, 6.07) is 0. The van der Waals surface area contributed by atoms with Crippen molar-refractivity contribution in [2.24, 2.45) is 0 Å². The Morgan fingerprint density at radius 3 is 0.500 bits per heavy atom. The quantitative estimate of drug-likeness (QED) is 0.121. The van der Waals surface area contributed by atoms with E-state index in [9.17, 15) is 0 Å². The van der Waals surface area contributed by atoms with Crippen LogP contribution in [0.25, 0.3) is 0 Å². The average molecular weight is 772 g/mol. The first-order chi connectivity index (χ1) is 17.9. The number of rotatable bonds is 19. The van der Waals surface area contributed by atoms with Crippen LogP contribution in [0, 0.1) is 0 Å². The van der Waals surface area contributed by atoms with E-state index in [1.165, 1.54) is 0 Å². The lowest BCUT2D eigenvalue weighted by molar-refractivity contribution is 0.248. The van der Waals surface area contributed by atoms with Gasteiger partial charge in [0.05, 0.1) is 0 Å². The molecule has 0 atom stereocenters. The van der Waals surface area contributed by atoms with Crippen molar-refractivity contribution in [1.29, 1.82) is 0 Å². The van der Waals surface area contributed by atoms with Crippen LogP contribution in [0.4, 0.5) is 0 Å². The van der Waals surface area contributed by atoms with Crippen LogP contribution < -0.4 is 0 Å². The van der Waals surface area contributed by atoms with Crippen LogP contribution >= 0.6 is 0 Å². The molecule has 0 aliphatic rings. The van der Waals surface area contributed by atoms with Gasteiger partial charge in [-0.25, -0.2) is 0 Å². The lowest BCUT2D eigenvalue weighted by atomic mass is 11.8. The first kappa shape index (κ1) is 43.8. The van der Waals surface area contributed by atoms with Crippen LogP contribution in [0.1, 0.15) is 0 Å².